The Bertz CT molecular complexity index is 421. The number of nitrogens with one attached hydrogen (secondary N) is 1. The zero-order chi connectivity index (χ0) is 13.1. The first-order valence-corrected chi connectivity index (χ1v) is 6.48. The van der Waals surface area contributed by atoms with Gasteiger partial charge in [0.05, 0.1) is 11.2 Å². The molecular weight excluding hydrogens is 305 g/mol. The molecule has 0 aliphatic heterocycles. The van der Waals surface area contributed by atoms with Crippen LogP contribution in [0.5, 0.6) is 0 Å². The van der Waals surface area contributed by atoms with Crippen molar-refractivity contribution in [1.29, 1.82) is 0 Å². The molecule has 0 radical (unpaired) electrons. The van der Waals surface area contributed by atoms with Crippen molar-refractivity contribution in [2.45, 2.75) is 25.9 Å². The van der Waals surface area contributed by atoms with Gasteiger partial charge in [-0.05, 0) is 47.5 Å². The van der Waals surface area contributed by atoms with Crippen LogP contribution in [0, 0.1) is 0 Å². The van der Waals surface area contributed by atoms with Crippen LogP contribution in [0.25, 0.3) is 0 Å². The maximum atomic E-state index is 11.9. The van der Waals surface area contributed by atoms with Gasteiger partial charge in [-0.1, -0.05) is 18.5 Å². The molecule has 1 aromatic carbocycles. The van der Waals surface area contributed by atoms with E-state index in [-0.39, 0.29) is 12.5 Å². The molecule has 3 nitrogen and oxygen atoms in total. The van der Waals surface area contributed by atoms with Crippen molar-refractivity contribution in [1.82, 2.24) is 5.32 Å². The number of carbonyl (C=O) groups excluding carboxylic acids is 1. The van der Waals surface area contributed by atoms with Gasteiger partial charge in [0.1, 0.15) is 0 Å². The van der Waals surface area contributed by atoms with Crippen LogP contribution in [0.3, 0.4) is 0 Å². The minimum absolute atomic E-state index is 0.210. The van der Waals surface area contributed by atoms with E-state index < -0.39 is 5.60 Å². The number of hydrogen-bond donors (Lipinski definition) is 2. The number of carbonyl (C=O) groups is 1. The second-order valence-electron chi connectivity index (χ2n) is 4.16. The Morgan fingerprint density at radius 3 is 2.82 bits per heavy atom. The molecular formula is C12H15BrClNO2. The van der Waals surface area contributed by atoms with Gasteiger partial charge in [0.25, 0.3) is 5.91 Å². The average molecular weight is 321 g/mol. The minimum Gasteiger partial charge on any atom is -0.388 e. The van der Waals surface area contributed by atoms with E-state index in [1.54, 1.807) is 25.1 Å². The van der Waals surface area contributed by atoms with E-state index >= 15 is 0 Å². The van der Waals surface area contributed by atoms with Gasteiger partial charge in [-0.25, -0.2) is 0 Å². The zero-order valence-electron chi connectivity index (χ0n) is 9.76. The molecule has 94 valence electrons. The van der Waals surface area contributed by atoms with Crippen molar-refractivity contribution in [2.75, 3.05) is 6.54 Å². The second kappa shape index (κ2) is 5.85. The summed E-state index contributed by atoms with van der Waals surface area (Å²) >= 11 is 9.11. The standard InChI is InChI=1S/C12H15BrClNO2/c1-3-12(2,17)7-15-11(16)9-6-8(14)4-5-10(9)13/h4-6,17H,3,7H2,1-2H3,(H,15,16). The number of benzene rings is 1. The Hall–Kier alpha value is -0.580. The highest BCUT2D eigenvalue weighted by atomic mass is 79.9. The van der Waals surface area contributed by atoms with Gasteiger partial charge >= 0.3 is 0 Å². The summed E-state index contributed by atoms with van der Waals surface area (Å²) in [5.41, 5.74) is -0.426. The molecule has 0 saturated carbocycles. The van der Waals surface area contributed by atoms with Gasteiger partial charge in [0.15, 0.2) is 0 Å². The van der Waals surface area contributed by atoms with Gasteiger partial charge < -0.3 is 10.4 Å². The van der Waals surface area contributed by atoms with Crippen LogP contribution in [-0.2, 0) is 0 Å². The molecule has 17 heavy (non-hydrogen) atoms. The molecule has 0 aliphatic rings. The maximum Gasteiger partial charge on any atom is 0.252 e. The summed E-state index contributed by atoms with van der Waals surface area (Å²) < 4.78 is 0.676. The van der Waals surface area contributed by atoms with Crippen molar-refractivity contribution < 1.29 is 9.90 Å². The normalized spacial score (nSPS) is 14.2. The molecule has 0 saturated heterocycles. The lowest BCUT2D eigenvalue weighted by molar-refractivity contribution is 0.0518. The third-order valence-corrected chi connectivity index (χ3v) is 3.49. The Kier molecular flexibility index (Phi) is 4.98. The van der Waals surface area contributed by atoms with Crippen LogP contribution in [0.1, 0.15) is 30.6 Å². The summed E-state index contributed by atoms with van der Waals surface area (Å²) in [6, 6.07) is 5.00. The number of amides is 1. The number of halogens is 2. The van der Waals surface area contributed by atoms with Crippen LogP contribution in [0.4, 0.5) is 0 Å². The van der Waals surface area contributed by atoms with Crippen LogP contribution < -0.4 is 5.32 Å². The van der Waals surface area contributed by atoms with E-state index in [2.05, 4.69) is 21.2 Å². The van der Waals surface area contributed by atoms with E-state index in [0.717, 1.165) is 0 Å². The Morgan fingerprint density at radius 1 is 1.59 bits per heavy atom. The number of hydrogen-bond acceptors (Lipinski definition) is 2. The predicted octanol–water partition coefficient (Wildman–Crippen LogP) is 2.99. The first kappa shape index (κ1) is 14.5. The fourth-order valence-electron chi connectivity index (χ4n) is 1.16. The molecule has 1 aromatic rings. The third-order valence-electron chi connectivity index (χ3n) is 2.56. The van der Waals surface area contributed by atoms with Crippen LogP contribution in [0.2, 0.25) is 5.02 Å². The molecule has 1 atom stereocenters. The second-order valence-corrected chi connectivity index (χ2v) is 5.45. The van der Waals surface area contributed by atoms with Gasteiger partial charge in [-0.15, -0.1) is 0 Å². The van der Waals surface area contributed by atoms with E-state index in [1.165, 1.54) is 0 Å². The summed E-state index contributed by atoms with van der Waals surface area (Å²) in [6.45, 7) is 3.75. The Balaban J connectivity index is 2.74. The van der Waals surface area contributed by atoms with Crippen molar-refractivity contribution in [3.63, 3.8) is 0 Å². The van der Waals surface area contributed by atoms with Crippen molar-refractivity contribution in [3.8, 4) is 0 Å². The fourth-order valence-corrected chi connectivity index (χ4v) is 1.76. The highest BCUT2D eigenvalue weighted by molar-refractivity contribution is 9.10. The highest BCUT2D eigenvalue weighted by Gasteiger charge is 2.19. The summed E-state index contributed by atoms with van der Waals surface area (Å²) in [5, 5.41) is 13.0. The fraction of sp³-hybridized carbons (Fsp3) is 0.417. The van der Waals surface area contributed by atoms with Gasteiger partial charge in [-0.3, -0.25) is 4.79 Å². The van der Waals surface area contributed by atoms with Gasteiger partial charge in [0, 0.05) is 16.0 Å². The topological polar surface area (TPSA) is 49.3 Å². The summed E-state index contributed by atoms with van der Waals surface area (Å²) in [7, 11) is 0. The molecule has 0 fully saturated rings. The number of rotatable bonds is 4. The minimum atomic E-state index is -0.888. The molecule has 0 bridgehead atoms. The molecule has 0 spiro atoms. The molecule has 1 unspecified atom stereocenters. The van der Waals surface area contributed by atoms with Crippen LogP contribution in [0.15, 0.2) is 22.7 Å². The van der Waals surface area contributed by atoms with E-state index in [0.29, 0.717) is 21.5 Å². The maximum absolute atomic E-state index is 11.9. The first-order valence-electron chi connectivity index (χ1n) is 5.31. The molecule has 1 amide bonds. The number of aliphatic hydroxyl groups is 1. The SMILES string of the molecule is CCC(C)(O)CNC(=O)c1cc(Cl)ccc1Br. The average Bonchev–Trinajstić information content (AvgIpc) is 2.29. The smallest absolute Gasteiger partial charge is 0.252 e. The Labute approximate surface area is 114 Å². The molecule has 5 heteroatoms. The molecule has 2 N–H and O–H groups in total. The molecule has 0 heterocycles. The third kappa shape index (κ3) is 4.30. The largest absolute Gasteiger partial charge is 0.388 e. The summed E-state index contributed by atoms with van der Waals surface area (Å²) in [5.74, 6) is -0.256. The summed E-state index contributed by atoms with van der Waals surface area (Å²) in [4.78, 5) is 11.9. The van der Waals surface area contributed by atoms with Crippen LogP contribution in [-0.4, -0.2) is 23.2 Å². The summed E-state index contributed by atoms with van der Waals surface area (Å²) in [6.07, 6.45) is 0.573. The molecule has 0 aromatic heterocycles. The van der Waals surface area contributed by atoms with Crippen molar-refractivity contribution in [2.24, 2.45) is 0 Å². The van der Waals surface area contributed by atoms with E-state index in [9.17, 15) is 9.90 Å². The van der Waals surface area contributed by atoms with E-state index in [4.69, 9.17) is 11.6 Å². The lowest BCUT2D eigenvalue weighted by atomic mass is 10.0. The van der Waals surface area contributed by atoms with Gasteiger partial charge in [-0.2, -0.15) is 0 Å². The first-order chi connectivity index (χ1) is 7.85. The van der Waals surface area contributed by atoms with E-state index in [1.807, 2.05) is 6.92 Å². The Morgan fingerprint density at radius 2 is 2.24 bits per heavy atom. The van der Waals surface area contributed by atoms with Crippen LogP contribution >= 0.6 is 27.5 Å². The monoisotopic (exact) mass is 319 g/mol. The lowest BCUT2D eigenvalue weighted by Gasteiger charge is -2.21. The quantitative estimate of drug-likeness (QED) is 0.896. The van der Waals surface area contributed by atoms with Crippen molar-refractivity contribution in [3.05, 3.63) is 33.3 Å². The predicted molar refractivity (Wildman–Crippen MR) is 72.4 cm³/mol. The zero-order valence-corrected chi connectivity index (χ0v) is 12.1. The molecule has 1 rings (SSSR count). The van der Waals surface area contributed by atoms with Crippen molar-refractivity contribution >= 4 is 33.4 Å². The molecule has 0 aliphatic carbocycles. The van der Waals surface area contributed by atoms with Gasteiger partial charge in [0.2, 0.25) is 0 Å². The highest BCUT2D eigenvalue weighted by Crippen LogP contribution is 2.21. The lowest BCUT2D eigenvalue weighted by Crippen LogP contribution is -2.40.